The van der Waals surface area contributed by atoms with Crippen molar-refractivity contribution in [3.05, 3.63) is 0 Å². The van der Waals surface area contributed by atoms with E-state index in [2.05, 4.69) is 5.32 Å². The van der Waals surface area contributed by atoms with Crippen molar-refractivity contribution >= 4 is 23.9 Å². The summed E-state index contributed by atoms with van der Waals surface area (Å²) in [5, 5.41) is 3.02. The largest absolute Gasteiger partial charge is 0.425 e. The number of imide groups is 1. The predicted molar refractivity (Wildman–Crippen MR) is 102 cm³/mol. The van der Waals surface area contributed by atoms with Gasteiger partial charge in [0.15, 0.2) is 5.78 Å². The number of ketones is 1. The number of hydrogen-bond acceptors (Lipinski definition) is 7. The number of likely N-dealkylation sites (N-methyl/N-ethyl adjacent to an activating group) is 1. The second-order valence-electron chi connectivity index (χ2n) is 8.19. The van der Waals surface area contributed by atoms with Crippen LogP contribution in [0.5, 0.6) is 0 Å². The van der Waals surface area contributed by atoms with Crippen molar-refractivity contribution in [1.82, 2.24) is 15.1 Å². The van der Waals surface area contributed by atoms with E-state index in [1.807, 2.05) is 20.9 Å². The molecule has 3 amide bonds. The van der Waals surface area contributed by atoms with Gasteiger partial charge in [-0.05, 0) is 51.1 Å². The molecule has 9 nitrogen and oxygen atoms in total. The van der Waals surface area contributed by atoms with Gasteiger partial charge in [0.1, 0.15) is 0 Å². The van der Waals surface area contributed by atoms with Crippen LogP contribution < -0.4 is 11.1 Å². The molecule has 4 unspecified atom stereocenters. The molecule has 9 heteroatoms. The standard InChI is InChI=1S/C19H32N4O5/c1-10(2)13-9-14(17(25)16(13)20)22(5)18(26)28-19(27)23-11(3)12(6-7-21-4)8-15(23)24/h10-14,16,21H,6-9,20H2,1-5H3/t11?,12?,13-,14?,16?/m1/s1. The Bertz CT molecular complexity index is 638. The fourth-order valence-corrected chi connectivity index (χ4v) is 4.18. The van der Waals surface area contributed by atoms with E-state index >= 15 is 0 Å². The highest BCUT2D eigenvalue weighted by Crippen LogP contribution is 2.32. The number of nitrogens with one attached hydrogen (secondary N) is 1. The molecule has 0 aromatic heterocycles. The van der Waals surface area contributed by atoms with E-state index in [4.69, 9.17) is 10.5 Å². The zero-order valence-corrected chi connectivity index (χ0v) is 17.3. The fraction of sp³-hybridized carbons (Fsp3) is 0.789. The number of ether oxygens (including phenoxy) is 1. The van der Waals surface area contributed by atoms with Gasteiger partial charge in [0.05, 0.1) is 12.1 Å². The van der Waals surface area contributed by atoms with Crippen LogP contribution in [0.3, 0.4) is 0 Å². The zero-order valence-electron chi connectivity index (χ0n) is 17.3. The van der Waals surface area contributed by atoms with Crippen LogP contribution in [0.15, 0.2) is 0 Å². The van der Waals surface area contributed by atoms with Crippen molar-refractivity contribution in [3.63, 3.8) is 0 Å². The van der Waals surface area contributed by atoms with E-state index in [-0.39, 0.29) is 41.9 Å². The van der Waals surface area contributed by atoms with Crippen LogP contribution in [0.2, 0.25) is 0 Å². The van der Waals surface area contributed by atoms with E-state index in [1.54, 1.807) is 6.92 Å². The average molecular weight is 396 g/mol. The second kappa shape index (κ2) is 9.00. The molecule has 0 bridgehead atoms. The molecule has 3 N–H and O–H groups in total. The molecule has 2 rings (SSSR count). The molecule has 1 heterocycles. The van der Waals surface area contributed by atoms with Crippen LogP contribution in [0.25, 0.3) is 0 Å². The summed E-state index contributed by atoms with van der Waals surface area (Å²) < 4.78 is 4.93. The third kappa shape index (κ3) is 4.35. The molecule has 0 radical (unpaired) electrons. The van der Waals surface area contributed by atoms with Crippen LogP contribution in [-0.2, 0) is 14.3 Å². The Hall–Kier alpha value is -2.00. The third-order valence-electron chi connectivity index (χ3n) is 6.16. The lowest BCUT2D eigenvalue weighted by molar-refractivity contribution is -0.127. The predicted octanol–water partition coefficient (Wildman–Crippen LogP) is 0.962. The number of likely N-dealkylation sites (tertiary alicyclic amines) is 1. The Morgan fingerprint density at radius 2 is 2.00 bits per heavy atom. The Balaban J connectivity index is 1.99. The molecular formula is C19H32N4O5. The van der Waals surface area contributed by atoms with Crippen molar-refractivity contribution in [1.29, 1.82) is 0 Å². The summed E-state index contributed by atoms with van der Waals surface area (Å²) in [7, 11) is 3.24. The number of Topliss-reactive ketones (excluding diaryl/α,β-unsaturated/α-hetero) is 1. The SMILES string of the molecule is CNCCC1CC(=O)N(C(=O)OC(=O)N(C)C2C[C@H](C(C)C)C(N)C2=O)C1C. The molecular weight excluding hydrogens is 364 g/mol. The van der Waals surface area contributed by atoms with Gasteiger partial charge in [0.25, 0.3) is 0 Å². The maximum absolute atomic E-state index is 12.4. The summed E-state index contributed by atoms with van der Waals surface area (Å²) in [6, 6.07) is -1.71. The first-order chi connectivity index (χ1) is 13.1. The maximum Gasteiger partial charge on any atom is 0.425 e. The summed E-state index contributed by atoms with van der Waals surface area (Å²) in [5.41, 5.74) is 5.99. The number of hydrogen-bond donors (Lipinski definition) is 2. The third-order valence-corrected chi connectivity index (χ3v) is 6.16. The normalized spacial score (nSPS) is 30.2. The number of rotatable bonds is 5. The first-order valence-corrected chi connectivity index (χ1v) is 9.84. The fourth-order valence-electron chi connectivity index (χ4n) is 4.18. The van der Waals surface area contributed by atoms with Crippen LogP contribution >= 0.6 is 0 Å². The molecule has 0 aromatic carbocycles. The highest BCUT2D eigenvalue weighted by atomic mass is 16.6. The van der Waals surface area contributed by atoms with E-state index in [0.29, 0.717) is 6.42 Å². The molecule has 1 aliphatic carbocycles. The van der Waals surface area contributed by atoms with Crippen molar-refractivity contribution < 1.29 is 23.9 Å². The van der Waals surface area contributed by atoms with Gasteiger partial charge in [-0.15, -0.1) is 0 Å². The lowest BCUT2D eigenvalue weighted by Gasteiger charge is -2.25. The molecule has 1 saturated heterocycles. The van der Waals surface area contributed by atoms with Gasteiger partial charge in [-0.3, -0.25) is 9.59 Å². The van der Waals surface area contributed by atoms with Crippen LogP contribution in [-0.4, -0.2) is 72.4 Å². The molecule has 1 aliphatic heterocycles. The Kier molecular flexibility index (Phi) is 7.16. The monoisotopic (exact) mass is 396 g/mol. The van der Waals surface area contributed by atoms with Crippen LogP contribution in [0.1, 0.15) is 40.0 Å². The summed E-state index contributed by atoms with van der Waals surface area (Å²) in [4.78, 5) is 51.7. The molecule has 0 spiro atoms. The first-order valence-electron chi connectivity index (χ1n) is 9.84. The first kappa shape index (κ1) is 22.3. The Morgan fingerprint density at radius 1 is 1.36 bits per heavy atom. The van der Waals surface area contributed by atoms with Gasteiger partial charge in [0, 0.05) is 19.5 Å². The average Bonchev–Trinajstić information content (AvgIpc) is 3.08. The number of nitrogens with two attached hydrogens (primary N) is 1. The van der Waals surface area contributed by atoms with E-state index in [9.17, 15) is 19.2 Å². The Morgan fingerprint density at radius 3 is 2.54 bits per heavy atom. The molecule has 2 aliphatic rings. The number of amides is 3. The summed E-state index contributed by atoms with van der Waals surface area (Å²) in [6.45, 7) is 6.46. The highest BCUT2D eigenvalue weighted by Gasteiger charge is 2.46. The van der Waals surface area contributed by atoms with Gasteiger partial charge in [0.2, 0.25) is 5.91 Å². The molecule has 1 saturated carbocycles. The summed E-state index contributed by atoms with van der Waals surface area (Å²) in [6.07, 6.45) is -0.516. The molecule has 158 valence electrons. The minimum atomic E-state index is -0.989. The number of carbonyl (C=O) groups is 4. The minimum absolute atomic E-state index is 0.0153. The van der Waals surface area contributed by atoms with Gasteiger partial charge >= 0.3 is 12.2 Å². The van der Waals surface area contributed by atoms with Crippen molar-refractivity contribution in [2.24, 2.45) is 23.5 Å². The van der Waals surface area contributed by atoms with Crippen molar-refractivity contribution in [2.45, 2.75) is 58.2 Å². The van der Waals surface area contributed by atoms with Gasteiger partial charge in [-0.2, -0.15) is 0 Å². The number of nitrogens with zero attached hydrogens (tertiary/aromatic N) is 2. The molecule has 0 aromatic rings. The Labute approximate surface area is 165 Å². The topological polar surface area (TPSA) is 122 Å². The van der Waals surface area contributed by atoms with E-state index in [0.717, 1.165) is 22.8 Å². The molecule has 2 fully saturated rings. The second-order valence-corrected chi connectivity index (χ2v) is 8.19. The quantitative estimate of drug-likeness (QED) is 0.664. The van der Waals surface area contributed by atoms with Gasteiger partial charge in [-0.25, -0.2) is 14.5 Å². The van der Waals surface area contributed by atoms with Crippen LogP contribution in [0, 0.1) is 17.8 Å². The van der Waals surface area contributed by atoms with E-state index < -0.39 is 24.3 Å². The summed E-state index contributed by atoms with van der Waals surface area (Å²) in [5.74, 6) is -0.401. The van der Waals surface area contributed by atoms with Crippen LogP contribution in [0.4, 0.5) is 9.59 Å². The number of carbonyl (C=O) groups excluding carboxylic acids is 4. The highest BCUT2D eigenvalue weighted by molar-refractivity contribution is 5.99. The minimum Gasteiger partial charge on any atom is -0.359 e. The maximum atomic E-state index is 12.4. The van der Waals surface area contributed by atoms with Crippen molar-refractivity contribution in [3.8, 4) is 0 Å². The lowest BCUT2D eigenvalue weighted by atomic mass is 9.91. The summed E-state index contributed by atoms with van der Waals surface area (Å²) >= 11 is 0. The smallest absolute Gasteiger partial charge is 0.359 e. The zero-order chi connectivity index (χ0) is 21.2. The van der Waals surface area contributed by atoms with Gasteiger partial charge < -0.3 is 20.7 Å². The molecule has 28 heavy (non-hydrogen) atoms. The van der Waals surface area contributed by atoms with Crippen molar-refractivity contribution in [2.75, 3.05) is 20.6 Å². The van der Waals surface area contributed by atoms with E-state index in [1.165, 1.54) is 7.05 Å². The lowest BCUT2D eigenvalue weighted by Crippen LogP contribution is -2.46. The molecule has 5 atom stereocenters. The van der Waals surface area contributed by atoms with Gasteiger partial charge in [-0.1, -0.05) is 13.8 Å².